The SMILES string of the molecule is CCn1cc(Br)cc1C(=O)NC(C)CCC(=O)O. The molecule has 2 N–H and O–H groups in total. The van der Waals surface area contributed by atoms with Gasteiger partial charge >= 0.3 is 5.97 Å². The molecule has 5 nitrogen and oxygen atoms in total. The predicted octanol–water partition coefficient (Wildman–Crippen LogP) is 2.25. The number of aryl methyl sites for hydroxylation is 1. The number of carboxylic acids is 1. The van der Waals surface area contributed by atoms with Gasteiger partial charge in [0.2, 0.25) is 0 Å². The quantitative estimate of drug-likeness (QED) is 0.845. The van der Waals surface area contributed by atoms with Gasteiger partial charge in [-0.05, 0) is 42.3 Å². The Hall–Kier alpha value is -1.30. The number of rotatable bonds is 6. The maximum Gasteiger partial charge on any atom is 0.303 e. The molecule has 0 aliphatic rings. The van der Waals surface area contributed by atoms with Crippen molar-refractivity contribution in [3.8, 4) is 0 Å². The van der Waals surface area contributed by atoms with Gasteiger partial charge < -0.3 is 15.0 Å². The maximum atomic E-state index is 12.0. The summed E-state index contributed by atoms with van der Waals surface area (Å²) in [6.07, 6.45) is 2.33. The zero-order valence-corrected chi connectivity index (χ0v) is 12.0. The predicted molar refractivity (Wildman–Crippen MR) is 71.6 cm³/mol. The Balaban J connectivity index is 2.61. The van der Waals surface area contributed by atoms with Crippen LogP contribution in [0.4, 0.5) is 0 Å². The van der Waals surface area contributed by atoms with E-state index in [1.54, 1.807) is 13.0 Å². The summed E-state index contributed by atoms with van der Waals surface area (Å²) in [6, 6.07) is 1.59. The zero-order chi connectivity index (χ0) is 13.7. The first-order chi connectivity index (χ1) is 8.43. The number of hydrogen-bond acceptors (Lipinski definition) is 2. The molecule has 6 heteroatoms. The Morgan fingerprint density at radius 1 is 1.56 bits per heavy atom. The summed E-state index contributed by atoms with van der Waals surface area (Å²) >= 11 is 3.33. The highest BCUT2D eigenvalue weighted by molar-refractivity contribution is 9.10. The summed E-state index contributed by atoms with van der Waals surface area (Å²) < 4.78 is 2.69. The largest absolute Gasteiger partial charge is 0.481 e. The fraction of sp³-hybridized carbons (Fsp3) is 0.500. The molecule has 0 saturated heterocycles. The van der Waals surface area contributed by atoms with Crippen LogP contribution in [0.5, 0.6) is 0 Å². The van der Waals surface area contributed by atoms with Gasteiger partial charge in [0.25, 0.3) is 5.91 Å². The molecule has 0 spiro atoms. The minimum Gasteiger partial charge on any atom is -0.481 e. The lowest BCUT2D eigenvalue weighted by atomic mass is 10.2. The fourth-order valence-corrected chi connectivity index (χ4v) is 2.10. The third-order valence-electron chi connectivity index (χ3n) is 2.61. The van der Waals surface area contributed by atoms with E-state index in [0.29, 0.717) is 18.7 Å². The topological polar surface area (TPSA) is 71.3 Å². The summed E-state index contributed by atoms with van der Waals surface area (Å²) in [5.74, 6) is -1.03. The highest BCUT2D eigenvalue weighted by atomic mass is 79.9. The van der Waals surface area contributed by atoms with Gasteiger partial charge in [0.15, 0.2) is 0 Å². The van der Waals surface area contributed by atoms with Crippen molar-refractivity contribution < 1.29 is 14.7 Å². The average Bonchev–Trinajstić information content (AvgIpc) is 2.68. The molecule has 100 valence electrons. The molecule has 0 saturated carbocycles. The molecule has 0 aliphatic heterocycles. The number of nitrogens with zero attached hydrogens (tertiary/aromatic N) is 1. The Kier molecular flexibility index (Phi) is 5.40. The molecule has 1 amide bonds. The molecule has 1 heterocycles. The first-order valence-corrected chi connectivity index (χ1v) is 6.61. The third kappa shape index (κ3) is 4.18. The standard InChI is InChI=1S/C12H17BrN2O3/c1-3-15-7-9(13)6-10(15)12(18)14-8(2)4-5-11(16)17/h6-8H,3-5H2,1-2H3,(H,14,18)(H,16,17). The maximum absolute atomic E-state index is 12.0. The highest BCUT2D eigenvalue weighted by Crippen LogP contribution is 2.15. The van der Waals surface area contributed by atoms with Gasteiger partial charge in [-0.3, -0.25) is 9.59 Å². The summed E-state index contributed by atoms with van der Waals surface area (Å²) in [5.41, 5.74) is 0.576. The van der Waals surface area contributed by atoms with Gasteiger partial charge in [-0.1, -0.05) is 0 Å². The molecular weight excluding hydrogens is 300 g/mol. The second kappa shape index (κ2) is 6.58. The van der Waals surface area contributed by atoms with Crippen LogP contribution < -0.4 is 5.32 Å². The number of hydrogen-bond donors (Lipinski definition) is 2. The molecule has 0 bridgehead atoms. The van der Waals surface area contributed by atoms with Crippen molar-refractivity contribution in [2.75, 3.05) is 0 Å². The van der Waals surface area contributed by atoms with Crippen LogP contribution in [0, 0.1) is 0 Å². The summed E-state index contributed by atoms with van der Waals surface area (Å²) in [4.78, 5) is 22.4. The molecule has 0 fully saturated rings. The highest BCUT2D eigenvalue weighted by Gasteiger charge is 2.15. The monoisotopic (exact) mass is 316 g/mol. The van der Waals surface area contributed by atoms with Crippen LogP contribution in [0.25, 0.3) is 0 Å². The van der Waals surface area contributed by atoms with Crippen molar-refractivity contribution in [1.29, 1.82) is 0 Å². The van der Waals surface area contributed by atoms with Gasteiger partial charge in [-0.15, -0.1) is 0 Å². The Morgan fingerprint density at radius 2 is 2.22 bits per heavy atom. The Morgan fingerprint density at radius 3 is 2.78 bits per heavy atom. The fourth-order valence-electron chi connectivity index (χ4n) is 1.64. The number of carbonyl (C=O) groups excluding carboxylic acids is 1. The van der Waals surface area contributed by atoms with Crippen LogP contribution in [-0.2, 0) is 11.3 Å². The van der Waals surface area contributed by atoms with Crippen molar-refractivity contribution in [2.24, 2.45) is 0 Å². The van der Waals surface area contributed by atoms with Gasteiger partial charge in [0.1, 0.15) is 5.69 Å². The van der Waals surface area contributed by atoms with Gasteiger partial charge in [0, 0.05) is 29.7 Å². The summed E-state index contributed by atoms with van der Waals surface area (Å²) in [5, 5.41) is 11.4. The van der Waals surface area contributed by atoms with E-state index in [4.69, 9.17) is 5.11 Å². The zero-order valence-electron chi connectivity index (χ0n) is 10.4. The number of aliphatic carboxylic acids is 1. The second-order valence-corrected chi connectivity index (χ2v) is 5.05. The van der Waals surface area contributed by atoms with Gasteiger partial charge in [0.05, 0.1) is 0 Å². The first-order valence-electron chi connectivity index (χ1n) is 5.82. The van der Waals surface area contributed by atoms with E-state index in [0.717, 1.165) is 4.47 Å². The van der Waals surface area contributed by atoms with E-state index in [9.17, 15) is 9.59 Å². The van der Waals surface area contributed by atoms with Crippen LogP contribution in [-0.4, -0.2) is 27.6 Å². The molecule has 1 atom stereocenters. The number of carbonyl (C=O) groups is 2. The Labute approximate surface area is 114 Å². The summed E-state index contributed by atoms with van der Waals surface area (Å²) in [7, 11) is 0. The Bertz CT molecular complexity index is 443. The van der Waals surface area contributed by atoms with E-state index >= 15 is 0 Å². The minimum atomic E-state index is -0.851. The normalized spacial score (nSPS) is 12.2. The number of halogens is 1. The second-order valence-electron chi connectivity index (χ2n) is 4.14. The number of carboxylic acid groups (broad SMARTS) is 1. The molecule has 18 heavy (non-hydrogen) atoms. The summed E-state index contributed by atoms with van der Waals surface area (Å²) in [6.45, 7) is 4.46. The van der Waals surface area contributed by atoms with E-state index in [-0.39, 0.29) is 18.4 Å². The molecule has 1 aromatic heterocycles. The molecule has 1 aromatic rings. The lowest BCUT2D eigenvalue weighted by molar-refractivity contribution is -0.137. The van der Waals surface area contributed by atoms with E-state index in [1.165, 1.54) is 0 Å². The first kappa shape index (κ1) is 14.8. The number of amides is 1. The molecule has 0 aliphatic carbocycles. The number of aromatic nitrogens is 1. The molecule has 1 rings (SSSR count). The van der Waals surface area contributed by atoms with E-state index in [1.807, 2.05) is 17.7 Å². The van der Waals surface area contributed by atoms with Crippen LogP contribution in [0.2, 0.25) is 0 Å². The molecule has 0 aromatic carbocycles. The van der Waals surface area contributed by atoms with Crippen molar-refractivity contribution in [1.82, 2.24) is 9.88 Å². The van der Waals surface area contributed by atoms with Crippen LogP contribution in [0.3, 0.4) is 0 Å². The van der Waals surface area contributed by atoms with Crippen molar-refractivity contribution in [3.63, 3.8) is 0 Å². The van der Waals surface area contributed by atoms with Gasteiger partial charge in [-0.25, -0.2) is 0 Å². The van der Waals surface area contributed by atoms with Crippen molar-refractivity contribution >= 4 is 27.8 Å². The van der Waals surface area contributed by atoms with Crippen LogP contribution >= 0.6 is 15.9 Å². The third-order valence-corrected chi connectivity index (χ3v) is 3.04. The lowest BCUT2D eigenvalue weighted by Crippen LogP contribution is -2.34. The van der Waals surface area contributed by atoms with Crippen LogP contribution in [0.15, 0.2) is 16.7 Å². The smallest absolute Gasteiger partial charge is 0.303 e. The molecular formula is C12H17BrN2O3. The molecule has 1 unspecified atom stereocenters. The van der Waals surface area contributed by atoms with Gasteiger partial charge in [-0.2, -0.15) is 0 Å². The van der Waals surface area contributed by atoms with E-state index < -0.39 is 5.97 Å². The lowest BCUT2D eigenvalue weighted by Gasteiger charge is -2.13. The number of nitrogens with one attached hydrogen (secondary N) is 1. The van der Waals surface area contributed by atoms with Crippen molar-refractivity contribution in [3.05, 3.63) is 22.4 Å². The van der Waals surface area contributed by atoms with Crippen molar-refractivity contribution in [2.45, 2.75) is 39.3 Å². The molecule has 0 radical (unpaired) electrons. The average molecular weight is 317 g/mol. The minimum absolute atomic E-state index is 0.0555. The van der Waals surface area contributed by atoms with Crippen LogP contribution in [0.1, 0.15) is 37.2 Å². The van der Waals surface area contributed by atoms with E-state index in [2.05, 4.69) is 21.2 Å².